The number of hydrogen-bond acceptors (Lipinski definition) is 1. The van der Waals surface area contributed by atoms with E-state index in [1.807, 2.05) is 12.1 Å². The Bertz CT molecular complexity index is 678. The van der Waals surface area contributed by atoms with Crippen molar-refractivity contribution >= 4 is 12.0 Å². The summed E-state index contributed by atoms with van der Waals surface area (Å²) in [5, 5.41) is 2.95. The third-order valence-corrected chi connectivity index (χ3v) is 4.24. The fourth-order valence-corrected chi connectivity index (χ4v) is 2.64. The lowest BCUT2D eigenvalue weighted by molar-refractivity contribution is -0.116. The van der Waals surface area contributed by atoms with E-state index in [9.17, 15) is 4.79 Å². The van der Waals surface area contributed by atoms with Crippen LogP contribution in [0.1, 0.15) is 50.3 Å². The van der Waals surface area contributed by atoms with Gasteiger partial charge in [0.25, 0.3) is 0 Å². The maximum absolute atomic E-state index is 11.9. The highest BCUT2D eigenvalue weighted by Crippen LogP contribution is 2.22. The number of rotatable bonds is 7. The van der Waals surface area contributed by atoms with Crippen LogP contribution in [0.5, 0.6) is 0 Å². The number of amides is 1. The van der Waals surface area contributed by atoms with Gasteiger partial charge in [0, 0.05) is 12.6 Å². The molecule has 0 spiro atoms. The van der Waals surface area contributed by atoms with Gasteiger partial charge in [0.1, 0.15) is 0 Å². The molecule has 0 unspecified atom stereocenters. The van der Waals surface area contributed by atoms with Crippen LogP contribution in [-0.2, 0) is 16.6 Å². The van der Waals surface area contributed by atoms with Gasteiger partial charge in [-0.05, 0) is 47.4 Å². The van der Waals surface area contributed by atoms with Crippen molar-refractivity contribution in [2.45, 2.75) is 45.4 Å². The Labute approximate surface area is 152 Å². The molecule has 0 bridgehead atoms. The number of carbonyl (C=O) groups excluding carboxylic acids is 1. The molecule has 0 saturated carbocycles. The molecular formula is C23H29NO. The van der Waals surface area contributed by atoms with Gasteiger partial charge in [-0.25, -0.2) is 0 Å². The first-order valence-corrected chi connectivity index (χ1v) is 9.05. The Balaban J connectivity index is 1.68. The van der Waals surface area contributed by atoms with Gasteiger partial charge in [-0.2, -0.15) is 0 Å². The standard InChI is InChI=1S/C23H29NO/c1-23(2,3)21-15-12-20(13-16-21)14-17-22(25)24-18-8-7-11-19-9-5-4-6-10-19/h4-6,9-10,12-17H,7-8,11,18H2,1-3H3,(H,24,25)/b17-14+. The highest BCUT2D eigenvalue weighted by molar-refractivity contribution is 5.91. The van der Waals surface area contributed by atoms with Crippen LogP contribution in [0.15, 0.2) is 60.7 Å². The van der Waals surface area contributed by atoms with Gasteiger partial charge < -0.3 is 5.32 Å². The van der Waals surface area contributed by atoms with Crippen LogP contribution in [0, 0.1) is 0 Å². The molecule has 1 amide bonds. The SMILES string of the molecule is CC(C)(C)c1ccc(/C=C/C(=O)NCCCCc2ccccc2)cc1. The van der Waals surface area contributed by atoms with E-state index in [0.29, 0.717) is 0 Å². The molecule has 0 aliphatic heterocycles. The lowest BCUT2D eigenvalue weighted by atomic mass is 9.87. The lowest BCUT2D eigenvalue weighted by Gasteiger charge is -2.18. The van der Waals surface area contributed by atoms with Crippen LogP contribution in [0.4, 0.5) is 0 Å². The summed E-state index contributed by atoms with van der Waals surface area (Å²) < 4.78 is 0. The molecule has 0 saturated heterocycles. The molecule has 0 fully saturated rings. The normalized spacial score (nSPS) is 11.6. The van der Waals surface area contributed by atoms with Crippen LogP contribution < -0.4 is 5.32 Å². The zero-order valence-corrected chi connectivity index (χ0v) is 15.6. The summed E-state index contributed by atoms with van der Waals surface area (Å²) in [6, 6.07) is 18.8. The molecule has 0 heterocycles. The van der Waals surface area contributed by atoms with Crippen molar-refractivity contribution in [3.05, 3.63) is 77.4 Å². The van der Waals surface area contributed by atoms with Crippen LogP contribution in [-0.4, -0.2) is 12.5 Å². The van der Waals surface area contributed by atoms with Crippen LogP contribution in [0.2, 0.25) is 0 Å². The number of benzene rings is 2. The molecule has 2 aromatic carbocycles. The molecule has 2 aromatic rings. The summed E-state index contributed by atoms with van der Waals surface area (Å²) in [6.07, 6.45) is 6.62. The first kappa shape index (κ1) is 19.0. The number of unbranched alkanes of at least 4 members (excludes halogenated alkanes) is 1. The van der Waals surface area contributed by atoms with E-state index in [1.165, 1.54) is 11.1 Å². The Morgan fingerprint density at radius 3 is 2.28 bits per heavy atom. The molecule has 0 atom stereocenters. The van der Waals surface area contributed by atoms with E-state index in [4.69, 9.17) is 0 Å². The second-order valence-electron chi connectivity index (χ2n) is 7.44. The minimum Gasteiger partial charge on any atom is -0.353 e. The summed E-state index contributed by atoms with van der Waals surface area (Å²) in [6.45, 7) is 7.31. The molecule has 0 aliphatic rings. The first-order valence-electron chi connectivity index (χ1n) is 9.05. The molecule has 2 heteroatoms. The number of hydrogen-bond donors (Lipinski definition) is 1. The molecule has 132 valence electrons. The average molecular weight is 335 g/mol. The van der Waals surface area contributed by atoms with Crippen LogP contribution in [0.3, 0.4) is 0 Å². The predicted molar refractivity (Wildman–Crippen MR) is 107 cm³/mol. The Kier molecular flexibility index (Phi) is 7.00. The highest BCUT2D eigenvalue weighted by Gasteiger charge is 2.12. The summed E-state index contributed by atoms with van der Waals surface area (Å²) >= 11 is 0. The minimum atomic E-state index is -0.0281. The van der Waals surface area contributed by atoms with Crippen molar-refractivity contribution in [3.8, 4) is 0 Å². The quantitative estimate of drug-likeness (QED) is 0.551. The topological polar surface area (TPSA) is 29.1 Å². The van der Waals surface area contributed by atoms with Gasteiger partial charge in [0.15, 0.2) is 0 Å². The third-order valence-electron chi connectivity index (χ3n) is 4.24. The third kappa shape index (κ3) is 6.96. The summed E-state index contributed by atoms with van der Waals surface area (Å²) in [5.41, 5.74) is 3.85. The summed E-state index contributed by atoms with van der Waals surface area (Å²) in [7, 11) is 0. The molecule has 25 heavy (non-hydrogen) atoms. The molecule has 0 aromatic heterocycles. The van der Waals surface area contributed by atoms with Crippen molar-refractivity contribution in [1.29, 1.82) is 0 Å². The predicted octanol–water partition coefficient (Wildman–Crippen LogP) is 5.14. The van der Waals surface area contributed by atoms with Crippen molar-refractivity contribution < 1.29 is 4.79 Å². The Morgan fingerprint density at radius 1 is 0.960 bits per heavy atom. The first-order chi connectivity index (χ1) is 11.9. The van der Waals surface area contributed by atoms with Crippen molar-refractivity contribution in [1.82, 2.24) is 5.32 Å². The minimum absolute atomic E-state index is 0.0281. The Morgan fingerprint density at radius 2 is 1.64 bits per heavy atom. The monoisotopic (exact) mass is 335 g/mol. The van der Waals surface area contributed by atoms with Gasteiger partial charge in [-0.3, -0.25) is 4.79 Å². The number of carbonyl (C=O) groups is 1. The maximum atomic E-state index is 11.9. The van der Waals surface area contributed by atoms with Gasteiger partial charge in [0.2, 0.25) is 5.91 Å². The van der Waals surface area contributed by atoms with E-state index in [-0.39, 0.29) is 11.3 Å². The molecule has 2 nitrogen and oxygen atoms in total. The van der Waals surface area contributed by atoms with E-state index in [2.05, 4.69) is 74.6 Å². The molecule has 0 radical (unpaired) electrons. The second-order valence-corrected chi connectivity index (χ2v) is 7.44. The van der Waals surface area contributed by atoms with Gasteiger partial charge >= 0.3 is 0 Å². The van der Waals surface area contributed by atoms with Crippen LogP contribution in [0.25, 0.3) is 6.08 Å². The van der Waals surface area contributed by atoms with Gasteiger partial charge in [-0.1, -0.05) is 75.4 Å². The molecule has 2 rings (SSSR count). The molecule has 0 aliphatic carbocycles. The summed E-state index contributed by atoms with van der Waals surface area (Å²) in [4.78, 5) is 11.9. The smallest absolute Gasteiger partial charge is 0.243 e. The number of aryl methyl sites for hydroxylation is 1. The highest BCUT2D eigenvalue weighted by atomic mass is 16.1. The van der Waals surface area contributed by atoms with E-state index < -0.39 is 0 Å². The largest absolute Gasteiger partial charge is 0.353 e. The van der Waals surface area contributed by atoms with E-state index in [0.717, 1.165) is 31.4 Å². The number of nitrogens with one attached hydrogen (secondary N) is 1. The van der Waals surface area contributed by atoms with Crippen LogP contribution >= 0.6 is 0 Å². The Hall–Kier alpha value is -2.35. The molecule has 1 N–H and O–H groups in total. The second kappa shape index (κ2) is 9.22. The zero-order valence-electron chi connectivity index (χ0n) is 15.6. The van der Waals surface area contributed by atoms with Crippen molar-refractivity contribution in [2.24, 2.45) is 0 Å². The fraction of sp³-hybridized carbons (Fsp3) is 0.348. The molecular weight excluding hydrogens is 306 g/mol. The summed E-state index contributed by atoms with van der Waals surface area (Å²) in [5.74, 6) is -0.0281. The lowest BCUT2D eigenvalue weighted by Crippen LogP contribution is -2.22. The fourth-order valence-electron chi connectivity index (χ4n) is 2.64. The van der Waals surface area contributed by atoms with Crippen molar-refractivity contribution in [2.75, 3.05) is 6.54 Å². The average Bonchev–Trinajstić information content (AvgIpc) is 2.60. The van der Waals surface area contributed by atoms with Gasteiger partial charge in [-0.15, -0.1) is 0 Å². The van der Waals surface area contributed by atoms with E-state index in [1.54, 1.807) is 6.08 Å². The van der Waals surface area contributed by atoms with Gasteiger partial charge in [0.05, 0.1) is 0 Å². The zero-order chi connectivity index (χ0) is 18.1. The van der Waals surface area contributed by atoms with Crippen molar-refractivity contribution in [3.63, 3.8) is 0 Å². The maximum Gasteiger partial charge on any atom is 0.243 e. The van der Waals surface area contributed by atoms with E-state index >= 15 is 0 Å².